The first-order valence-electron chi connectivity index (χ1n) is 5.69. The fraction of sp³-hybridized carbons (Fsp3) is 0.692. The van der Waals surface area contributed by atoms with Gasteiger partial charge in [0.05, 0.1) is 0 Å². The van der Waals surface area contributed by atoms with Gasteiger partial charge in [-0.2, -0.15) is 0 Å². The molecule has 0 amide bonds. The Morgan fingerprint density at radius 3 is 2.54 bits per heavy atom. The van der Waals surface area contributed by atoms with Crippen LogP contribution in [0.25, 0.3) is 0 Å². The minimum atomic E-state index is 1.25. The molecular formula is C13H24. The molecule has 0 heteroatoms. The van der Waals surface area contributed by atoms with Gasteiger partial charge < -0.3 is 0 Å². The highest BCUT2D eigenvalue weighted by Crippen LogP contribution is 2.22. The third-order valence-electron chi connectivity index (χ3n) is 2.35. The van der Waals surface area contributed by atoms with E-state index < -0.39 is 0 Å². The lowest BCUT2D eigenvalue weighted by Gasteiger charge is -2.11. The van der Waals surface area contributed by atoms with Gasteiger partial charge in [0.1, 0.15) is 0 Å². The molecule has 0 saturated heterocycles. The summed E-state index contributed by atoms with van der Waals surface area (Å²) in [4.78, 5) is 0. The van der Waals surface area contributed by atoms with E-state index in [1.54, 1.807) is 11.1 Å². The Bertz CT molecular complexity index is 172. The first-order chi connectivity index (χ1) is 6.34. The summed E-state index contributed by atoms with van der Waals surface area (Å²) in [5, 5.41) is 0. The fourth-order valence-electron chi connectivity index (χ4n) is 1.49. The predicted octanol–water partition coefficient (Wildman–Crippen LogP) is 4.87. The van der Waals surface area contributed by atoms with Gasteiger partial charge in [-0.05, 0) is 38.2 Å². The highest BCUT2D eigenvalue weighted by molar-refractivity contribution is 5.28. The molecule has 0 unspecified atom stereocenters. The molecule has 0 fully saturated rings. The molecule has 0 bridgehead atoms. The summed E-state index contributed by atoms with van der Waals surface area (Å²) < 4.78 is 0. The average molecular weight is 180 g/mol. The van der Waals surface area contributed by atoms with Gasteiger partial charge in [0.15, 0.2) is 0 Å². The lowest BCUT2D eigenvalue weighted by Crippen LogP contribution is -1.91. The van der Waals surface area contributed by atoms with E-state index in [1.165, 1.54) is 32.1 Å². The van der Waals surface area contributed by atoms with Crippen molar-refractivity contribution >= 4 is 0 Å². The van der Waals surface area contributed by atoms with Crippen LogP contribution in [-0.4, -0.2) is 0 Å². The van der Waals surface area contributed by atoms with E-state index in [-0.39, 0.29) is 0 Å². The predicted molar refractivity (Wildman–Crippen MR) is 61.9 cm³/mol. The van der Waals surface area contributed by atoms with Crippen molar-refractivity contribution in [2.45, 2.75) is 59.8 Å². The summed E-state index contributed by atoms with van der Waals surface area (Å²) in [6.07, 6.45) is 11.1. The first-order valence-corrected chi connectivity index (χ1v) is 5.69. The molecule has 0 aromatic carbocycles. The normalized spacial score (nSPS) is 15.4. The number of rotatable bonds is 3. The molecule has 0 spiro atoms. The van der Waals surface area contributed by atoms with E-state index in [9.17, 15) is 0 Å². The van der Waals surface area contributed by atoms with Gasteiger partial charge in [0.2, 0.25) is 0 Å². The Morgan fingerprint density at radius 1 is 1.31 bits per heavy atom. The quantitative estimate of drug-likeness (QED) is 0.581. The molecule has 1 aliphatic carbocycles. The summed E-state index contributed by atoms with van der Waals surface area (Å²) in [5.74, 6) is 0. The highest BCUT2D eigenvalue weighted by atomic mass is 14.1. The molecule has 0 saturated carbocycles. The zero-order chi connectivity index (χ0) is 10.1. The van der Waals surface area contributed by atoms with Crippen molar-refractivity contribution in [1.29, 1.82) is 0 Å². The SMILES string of the molecule is CC.CCCCC1=C(C)CCC=C1. The maximum atomic E-state index is 2.31. The molecule has 1 rings (SSSR count). The lowest BCUT2D eigenvalue weighted by molar-refractivity contribution is 0.777. The van der Waals surface area contributed by atoms with E-state index in [0.29, 0.717) is 0 Å². The first kappa shape index (κ1) is 12.5. The third-order valence-corrected chi connectivity index (χ3v) is 2.35. The van der Waals surface area contributed by atoms with Crippen LogP contribution in [0.15, 0.2) is 23.3 Å². The van der Waals surface area contributed by atoms with Crippen LogP contribution in [0.2, 0.25) is 0 Å². The minimum Gasteiger partial charge on any atom is -0.0839 e. The molecule has 1 aliphatic rings. The van der Waals surface area contributed by atoms with E-state index in [0.717, 1.165) is 0 Å². The van der Waals surface area contributed by atoms with Gasteiger partial charge in [-0.25, -0.2) is 0 Å². The van der Waals surface area contributed by atoms with Crippen molar-refractivity contribution in [3.63, 3.8) is 0 Å². The maximum Gasteiger partial charge on any atom is -0.0280 e. The zero-order valence-electron chi connectivity index (χ0n) is 9.69. The Labute approximate surface area is 83.7 Å². The van der Waals surface area contributed by atoms with Crippen LogP contribution < -0.4 is 0 Å². The molecule has 0 radical (unpaired) electrons. The van der Waals surface area contributed by atoms with Crippen molar-refractivity contribution in [3.8, 4) is 0 Å². The second-order valence-corrected chi connectivity index (χ2v) is 3.35. The van der Waals surface area contributed by atoms with E-state index >= 15 is 0 Å². The second kappa shape index (κ2) is 8.10. The molecule has 0 atom stereocenters. The van der Waals surface area contributed by atoms with Crippen LogP contribution in [0.4, 0.5) is 0 Å². The van der Waals surface area contributed by atoms with Gasteiger partial charge >= 0.3 is 0 Å². The second-order valence-electron chi connectivity index (χ2n) is 3.35. The van der Waals surface area contributed by atoms with Crippen molar-refractivity contribution in [2.75, 3.05) is 0 Å². The Kier molecular flexibility index (Phi) is 7.77. The third kappa shape index (κ3) is 4.92. The standard InChI is InChI=1S/C11H18.C2H6/c1-3-4-8-11-9-6-5-7-10(11)2;1-2/h6,9H,3-5,7-8H2,1-2H3;1-2H3. The summed E-state index contributed by atoms with van der Waals surface area (Å²) in [5.41, 5.74) is 3.21. The topological polar surface area (TPSA) is 0 Å². The van der Waals surface area contributed by atoms with Gasteiger partial charge in [-0.3, -0.25) is 0 Å². The Balaban J connectivity index is 0.000000671. The fourth-order valence-corrected chi connectivity index (χ4v) is 1.49. The summed E-state index contributed by atoms with van der Waals surface area (Å²) in [7, 11) is 0. The Hall–Kier alpha value is -0.520. The molecule has 76 valence electrons. The zero-order valence-corrected chi connectivity index (χ0v) is 9.69. The van der Waals surface area contributed by atoms with Crippen molar-refractivity contribution in [3.05, 3.63) is 23.3 Å². The van der Waals surface area contributed by atoms with E-state index in [1.807, 2.05) is 13.8 Å². The van der Waals surface area contributed by atoms with Crippen LogP contribution in [0.3, 0.4) is 0 Å². The minimum absolute atomic E-state index is 1.25. The van der Waals surface area contributed by atoms with Gasteiger partial charge in [-0.1, -0.05) is 44.9 Å². The summed E-state index contributed by atoms with van der Waals surface area (Å²) in [6, 6.07) is 0. The smallest absolute Gasteiger partial charge is 0.0280 e. The molecule has 0 aliphatic heterocycles. The van der Waals surface area contributed by atoms with Crippen LogP contribution in [0.1, 0.15) is 59.8 Å². The van der Waals surface area contributed by atoms with Crippen LogP contribution in [0.5, 0.6) is 0 Å². The van der Waals surface area contributed by atoms with E-state index in [2.05, 4.69) is 26.0 Å². The van der Waals surface area contributed by atoms with Crippen molar-refractivity contribution in [1.82, 2.24) is 0 Å². The molecule has 0 heterocycles. The number of unbranched alkanes of at least 4 members (excludes halogenated alkanes) is 1. The van der Waals surface area contributed by atoms with Crippen molar-refractivity contribution < 1.29 is 0 Å². The lowest BCUT2D eigenvalue weighted by atomic mass is 9.95. The van der Waals surface area contributed by atoms with Gasteiger partial charge in [-0.15, -0.1) is 0 Å². The number of hydrogen-bond donors (Lipinski definition) is 0. The van der Waals surface area contributed by atoms with Gasteiger partial charge in [0.25, 0.3) is 0 Å². The van der Waals surface area contributed by atoms with Crippen molar-refractivity contribution in [2.24, 2.45) is 0 Å². The number of hydrogen-bond acceptors (Lipinski definition) is 0. The highest BCUT2D eigenvalue weighted by Gasteiger charge is 2.02. The van der Waals surface area contributed by atoms with Crippen LogP contribution >= 0.6 is 0 Å². The van der Waals surface area contributed by atoms with E-state index in [4.69, 9.17) is 0 Å². The molecular weight excluding hydrogens is 156 g/mol. The Morgan fingerprint density at radius 2 is 2.00 bits per heavy atom. The largest absolute Gasteiger partial charge is 0.0839 e. The molecule has 0 N–H and O–H groups in total. The van der Waals surface area contributed by atoms with Gasteiger partial charge in [0, 0.05) is 0 Å². The average Bonchev–Trinajstić information content (AvgIpc) is 2.20. The van der Waals surface area contributed by atoms with Crippen LogP contribution in [-0.2, 0) is 0 Å². The monoisotopic (exact) mass is 180 g/mol. The summed E-state index contributed by atoms with van der Waals surface area (Å²) in [6.45, 7) is 8.52. The number of allylic oxidation sites excluding steroid dienone is 4. The van der Waals surface area contributed by atoms with Crippen LogP contribution in [0, 0.1) is 0 Å². The molecule has 0 nitrogen and oxygen atoms in total. The maximum absolute atomic E-state index is 2.31. The summed E-state index contributed by atoms with van der Waals surface area (Å²) >= 11 is 0. The molecule has 13 heavy (non-hydrogen) atoms. The molecule has 0 aromatic rings. The molecule has 0 aromatic heterocycles.